The third kappa shape index (κ3) is 4.96. The zero-order valence-electron chi connectivity index (χ0n) is 13.8. The van der Waals surface area contributed by atoms with E-state index in [2.05, 4.69) is 16.0 Å². The summed E-state index contributed by atoms with van der Waals surface area (Å²) in [6.07, 6.45) is 1.00. The maximum absolute atomic E-state index is 12.5. The third-order valence-corrected chi connectivity index (χ3v) is 4.21. The van der Waals surface area contributed by atoms with E-state index in [1.807, 2.05) is 13.8 Å². The normalized spacial score (nSPS) is 18.7. The molecule has 2 rings (SSSR count). The van der Waals surface area contributed by atoms with Crippen LogP contribution in [0.5, 0.6) is 0 Å². The molecular formula is C17H22ClN3O3. The molecule has 1 heterocycles. The van der Waals surface area contributed by atoms with Crippen molar-refractivity contribution in [1.29, 1.82) is 0 Å². The number of amides is 3. The fourth-order valence-electron chi connectivity index (χ4n) is 2.51. The number of nitrogens with one attached hydrogen (secondary N) is 3. The summed E-state index contributed by atoms with van der Waals surface area (Å²) in [5.74, 6) is -0.637. The van der Waals surface area contributed by atoms with E-state index in [0.717, 1.165) is 0 Å². The minimum atomic E-state index is -0.647. The molecule has 1 aromatic rings. The highest BCUT2D eigenvalue weighted by atomic mass is 35.5. The van der Waals surface area contributed by atoms with E-state index in [9.17, 15) is 14.4 Å². The smallest absolute Gasteiger partial charge is 0.251 e. The summed E-state index contributed by atoms with van der Waals surface area (Å²) in [7, 11) is 0. The molecule has 0 aromatic heterocycles. The van der Waals surface area contributed by atoms with E-state index >= 15 is 0 Å². The van der Waals surface area contributed by atoms with Gasteiger partial charge in [-0.2, -0.15) is 0 Å². The Labute approximate surface area is 146 Å². The molecule has 130 valence electrons. The number of hydrogen-bond donors (Lipinski definition) is 3. The van der Waals surface area contributed by atoms with Crippen LogP contribution in [0.3, 0.4) is 0 Å². The van der Waals surface area contributed by atoms with Gasteiger partial charge in [0.25, 0.3) is 5.91 Å². The van der Waals surface area contributed by atoms with E-state index in [1.165, 1.54) is 0 Å². The molecule has 6 nitrogen and oxygen atoms in total. The first-order valence-corrected chi connectivity index (χ1v) is 8.38. The lowest BCUT2D eigenvalue weighted by Crippen LogP contribution is -2.55. The summed E-state index contributed by atoms with van der Waals surface area (Å²) in [5.41, 5.74) is 0.447. The minimum Gasteiger partial charge on any atom is -0.354 e. The lowest BCUT2D eigenvalue weighted by atomic mass is 10.0. The lowest BCUT2D eigenvalue weighted by molar-refractivity contribution is -0.127. The first-order chi connectivity index (χ1) is 11.4. The van der Waals surface area contributed by atoms with Gasteiger partial charge in [-0.15, -0.1) is 0 Å². The molecule has 2 atom stereocenters. The number of carbonyl (C=O) groups excluding carboxylic acids is 3. The van der Waals surface area contributed by atoms with Gasteiger partial charge in [0.15, 0.2) is 0 Å². The van der Waals surface area contributed by atoms with E-state index in [1.54, 1.807) is 24.3 Å². The second-order valence-corrected chi connectivity index (χ2v) is 6.69. The molecule has 0 bridgehead atoms. The first kappa shape index (κ1) is 18.3. The molecule has 1 fully saturated rings. The average Bonchev–Trinajstić information content (AvgIpc) is 2.54. The molecule has 3 N–H and O–H groups in total. The standard InChI is InChI=1S/C17H22ClN3O3/c1-10(2)15(17(24)20-13-7-8-14(22)19-9-13)21-16(23)11-3-5-12(18)6-4-11/h3-6,10,13,15H,7-9H2,1-2H3,(H,19,22)(H,20,24)(H,21,23). The molecule has 1 aliphatic heterocycles. The van der Waals surface area contributed by atoms with E-state index < -0.39 is 6.04 Å². The predicted octanol–water partition coefficient (Wildman–Crippen LogP) is 1.49. The SMILES string of the molecule is CC(C)C(NC(=O)c1ccc(Cl)cc1)C(=O)NC1CCC(=O)NC1. The highest BCUT2D eigenvalue weighted by molar-refractivity contribution is 6.30. The van der Waals surface area contributed by atoms with Gasteiger partial charge in [-0.25, -0.2) is 0 Å². The van der Waals surface area contributed by atoms with Crippen LogP contribution in [-0.2, 0) is 9.59 Å². The van der Waals surface area contributed by atoms with Crippen molar-refractivity contribution >= 4 is 29.3 Å². The van der Waals surface area contributed by atoms with Gasteiger partial charge in [0, 0.05) is 29.6 Å². The minimum absolute atomic E-state index is 0.00282. The number of piperidine rings is 1. The van der Waals surface area contributed by atoms with Crippen molar-refractivity contribution in [3.05, 3.63) is 34.9 Å². The highest BCUT2D eigenvalue weighted by Gasteiger charge is 2.28. The summed E-state index contributed by atoms with van der Waals surface area (Å²) < 4.78 is 0. The zero-order valence-corrected chi connectivity index (χ0v) is 14.5. The number of hydrogen-bond acceptors (Lipinski definition) is 3. The van der Waals surface area contributed by atoms with E-state index in [-0.39, 0.29) is 29.7 Å². The van der Waals surface area contributed by atoms with Gasteiger partial charge < -0.3 is 16.0 Å². The van der Waals surface area contributed by atoms with Gasteiger partial charge in [0.2, 0.25) is 11.8 Å². The Morgan fingerprint density at radius 2 is 1.92 bits per heavy atom. The first-order valence-electron chi connectivity index (χ1n) is 8.00. The summed E-state index contributed by atoms with van der Waals surface area (Å²) in [5, 5.41) is 8.94. The number of carbonyl (C=O) groups is 3. The van der Waals surface area contributed by atoms with Crippen LogP contribution >= 0.6 is 11.6 Å². The molecule has 0 aliphatic carbocycles. The van der Waals surface area contributed by atoms with Gasteiger partial charge in [-0.05, 0) is 36.6 Å². The fourth-order valence-corrected chi connectivity index (χ4v) is 2.63. The average molecular weight is 352 g/mol. The van der Waals surface area contributed by atoms with Gasteiger partial charge >= 0.3 is 0 Å². The van der Waals surface area contributed by atoms with Crippen molar-refractivity contribution < 1.29 is 14.4 Å². The highest BCUT2D eigenvalue weighted by Crippen LogP contribution is 2.11. The van der Waals surface area contributed by atoms with Crippen molar-refractivity contribution in [2.24, 2.45) is 5.92 Å². The summed E-state index contributed by atoms with van der Waals surface area (Å²) >= 11 is 5.82. The van der Waals surface area contributed by atoms with Crippen LogP contribution in [0.4, 0.5) is 0 Å². The largest absolute Gasteiger partial charge is 0.354 e. The van der Waals surface area contributed by atoms with Crippen molar-refractivity contribution in [3.8, 4) is 0 Å². The molecule has 1 aromatic carbocycles. The van der Waals surface area contributed by atoms with Gasteiger partial charge in [-0.1, -0.05) is 25.4 Å². The van der Waals surface area contributed by atoms with Crippen LogP contribution in [0, 0.1) is 5.92 Å². The van der Waals surface area contributed by atoms with Gasteiger partial charge in [0.1, 0.15) is 6.04 Å². The van der Waals surface area contributed by atoms with Crippen LogP contribution in [0.15, 0.2) is 24.3 Å². The number of rotatable bonds is 5. The van der Waals surface area contributed by atoms with Crippen molar-refractivity contribution in [1.82, 2.24) is 16.0 Å². The predicted molar refractivity (Wildman–Crippen MR) is 91.7 cm³/mol. The van der Waals surface area contributed by atoms with Crippen LogP contribution in [-0.4, -0.2) is 36.3 Å². The molecule has 1 saturated heterocycles. The maximum atomic E-state index is 12.5. The van der Waals surface area contributed by atoms with Crippen molar-refractivity contribution in [3.63, 3.8) is 0 Å². The molecular weight excluding hydrogens is 330 g/mol. The Kier molecular flexibility index (Phi) is 6.20. The number of halogens is 1. The Hall–Kier alpha value is -2.08. The lowest BCUT2D eigenvalue weighted by Gasteiger charge is -2.27. The van der Waals surface area contributed by atoms with E-state index in [4.69, 9.17) is 11.6 Å². The Morgan fingerprint density at radius 3 is 2.46 bits per heavy atom. The maximum Gasteiger partial charge on any atom is 0.251 e. The van der Waals surface area contributed by atoms with Crippen LogP contribution in [0.2, 0.25) is 5.02 Å². The Balaban J connectivity index is 1.97. The molecule has 0 radical (unpaired) electrons. The molecule has 3 amide bonds. The summed E-state index contributed by atoms with van der Waals surface area (Å²) in [4.78, 5) is 36.0. The topological polar surface area (TPSA) is 87.3 Å². The Bertz CT molecular complexity index is 606. The van der Waals surface area contributed by atoms with Crippen LogP contribution in [0.25, 0.3) is 0 Å². The molecule has 24 heavy (non-hydrogen) atoms. The fraction of sp³-hybridized carbons (Fsp3) is 0.471. The van der Waals surface area contributed by atoms with Crippen molar-refractivity contribution in [2.75, 3.05) is 6.54 Å². The second kappa shape index (κ2) is 8.15. The summed E-state index contributed by atoms with van der Waals surface area (Å²) in [6.45, 7) is 4.16. The third-order valence-electron chi connectivity index (χ3n) is 3.95. The quantitative estimate of drug-likeness (QED) is 0.751. The van der Waals surface area contributed by atoms with Crippen molar-refractivity contribution in [2.45, 2.75) is 38.8 Å². The van der Waals surface area contributed by atoms with Gasteiger partial charge in [0.05, 0.1) is 0 Å². The molecule has 7 heteroatoms. The number of benzene rings is 1. The van der Waals surface area contributed by atoms with Crippen LogP contribution in [0.1, 0.15) is 37.0 Å². The van der Waals surface area contributed by atoms with E-state index in [0.29, 0.717) is 30.0 Å². The van der Waals surface area contributed by atoms with Gasteiger partial charge in [-0.3, -0.25) is 14.4 Å². The molecule has 1 aliphatic rings. The monoisotopic (exact) mass is 351 g/mol. The molecule has 0 saturated carbocycles. The van der Waals surface area contributed by atoms with Crippen LogP contribution < -0.4 is 16.0 Å². The molecule has 0 spiro atoms. The summed E-state index contributed by atoms with van der Waals surface area (Å²) in [6, 6.07) is 5.74. The second-order valence-electron chi connectivity index (χ2n) is 6.25. The Morgan fingerprint density at radius 1 is 1.25 bits per heavy atom. The zero-order chi connectivity index (χ0) is 17.7. The molecule has 2 unspecified atom stereocenters.